The average Bonchev–Trinajstić information content (AvgIpc) is 2.36. The molecule has 5 nitrogen and oxygen atoms in total. The Labute approximate surface area is 112 Å². The van der Waals surface area contributed by atoms with Crippen LogP contribution in [0.1, 0.15) is 5.69 Å². The van der Waals surface area contributed by atoms with Crippen molar-refractivity contribution in [2.24, 2.45) is 0 Å². The molecule has 1 rings (SSSR count). The number of carboxylic acid groups (broad SMARTS) is 1. The van der Waals surface area contributed by atoms with Gasteiger partial charge in [-0.1, -0.05) is 0 Å². The molecule has 0 spiro atoms. The predicted octanol–water partition coefficient (Wildman–Crippen LogP) is 2.14. The van der Waals surface area contributed by atoms with Crippen molar-refractivity contribution in [1.82, 2.24) is 4.98 Å². The number of hydrogen-bond donors (Lipinski definition) is 1. The fraction of sp³-hybridized carbons (Fsp3) is 0.333. The van der Waals surface area contributed by atoms with Crippen molar-refractivity contribution in [3.05, 3.63) is 30.1 Å². The van der Waals surface area contributed by atoms with Crippen molar-refractivity contribution >= 4 is 12.0 Å². The normalized spacial score (nSPS) is 11.8. The lowest BCUT2D eigenvalue weighted by molar-refractivity contribution is -0.175. The number of hydrogen-bond acceptors (Lipinski definition) is 4. The zero-order valence-electron chi connectivity index (χ0n) is 10.3. The SMILES string of the molecule is O=C(O)C=Cc1ccc(OCCOCC(F)(F)F)cn1. The van der Waals surface area contributed by atoms with Gasteiger partial charge in [0.2, 0.25) is 0 Å². The summed E-state index contributed by atoms with van der Waals surface area (Å²) < 4.78 is 44.7. The Morgan fingerprint density at radius 3 is 2.65 bits per heavy atom. The van der Waals surface area contributed by atoms with Gasteiger partial charge in [-0.2, -0.15) is 13.2 Å². The number of carboxylic acids is 1. The highest BCUT2D eigenvalue weighted by molar-refractivity contribution is 5.84. The minimum absolute atomic E-state index is 0.0396. The van der Waals surface area contributed by atoms with Crippen molar-refractivity contribution in [1.29, 1.82) is 0 Å². The standard InChI is InChI=1S/C12H12F3NO4/c13-12(14,15)8-19-5-6-20-10-3-1-9(16-7-10)2-4-11(17)18/h1-4,7H,5-6,8H2,(H,17,18). The molecule has 1 heterocycles. The Balaban J connectivity index is 2.30. The molecule has 20 heavy (non-hydrogen) atoms. The van der Waals surface area contributed by atoms with Crippen molar-refractivity contribution in [2.45, 2.75) is 6.18 Å². The molecular formula is C12H12F3NO4. The summed E-state index contributed by atoms with van der Waals surface area (Å²) in [5, 5.41) is 8.42. The van der Waals surface area contributed by atoms with E-state index in [0.29, 0.717) is 11.4 Å². The maximum Gasteiger partial charge on any atom is 0.411 e. The van der Waals surface area contributed by atoms with Crippen LogP contribution in [0.5, 0.6) is 5.75 Å². The molecule has 0 amide bonds. The lowest BCUT2D eigenvalue weighted by Crippen LogP contribution is -2.19. The van der Waals surface area contributed by atoms with Gasteiger partial charge in [-0.25, -0.2) is 4.79 Å². The lowest BCUT2D eigenvalue weighted by Gasteiger charge is -2.08. The number of carbonyl (C=O) groups is 1. The molecular weight excluding hydrogens is 279 g/mol. The highest BCUT2D eigenvalue weighted by atomic mass is 19.4. The Morgan fingerprint density at radius 1 is 1.35 bits per heavy atom. The molecule has 1 aromatic heterocycles. The fourth-order valence-electron chi connectivity index (χ4n) is 1.14. The highest BCUT2D eigenvalue weighted by Gasteiger charge is 2.27. The van der Waals surface area contributed by atoms with Crippen LogP contribution in [0.25, 0.3) is 6.08 Å². The molecule has 0 radical (unpaired) electrons. The number of alkyl halides is 3. The van der Waals surface area contributed by atoms with E-state index in [9.17, 15) is 18.0 Å². The molecule has 0 aliphatic rings. The van der Waals surface area contributed by atoms with Crippen LogP contribution < -0.4 is 4.74 Å². The maximum absolute atomic E-state index is 11.8. The van der Waals surface area contributed by atoms with Gasteiger partial charge < -0.3 is 14.6 Å². The Hall–Kier alpha value is -2.09. The van der Waals surface area contributed by atoms with E-state index in [0.717, 1.165) is 6.08 Å². The van der Waals surface area contributed by atoms with E-state index < -0.39 is 18.8 Å². The second-order valence-corrected chi connectivity index (χ2v) is 3.61. The van der Waals surface area contributed by atoms with Crippen LogP contribution in [0.15, 0.2) is 24.4 Å². The monoisotopic (exact) mass is 291 g/mol. The lowest BCUT2D eigenvalue weighted by atomic mass is 10.3. The van der Waals surface area contributed by atoms with E-state index >= 15 is 0 Å². The zero-order valence-corrected chi connectivity index (χ0v) is 10.3. The van der Waals surface area contributed by atoms with Gasteiger partial charge in [-0.15, -0.1) is 0 Å². The summed E-state index contributed by atoms with van der Waals surface area (Å²) in [5.74, 6) is -0.734. The second-order valence-electron chi connectivity index (χ2n) is 3.61. The number of aromatic nitrogens is 1. The van der Waals surface area contributed by atoms with Crippen LogP contribution in [-0.4, -0.2) is 42.1 Å². The first-order valence-electron chi connectivity index (χ1n) is 5.51. The molecule has 0 atom stereocenters. The van der Waals surface area contributed by atoms with Crippen LogP contribution in [0, 0.1) is 0 Å². The third-order valence-corrected chi connectivity index (χ3v) is 1.92. The van der Waals surface area contributed by atoms with Crippen LogP contribution >= 0.6 is 0 Å². The minimum atomic E-state index is -4.35. The first-order chi connectivity index (χ1) is 9.37. The highest BCUT2D eigenvalue weighted by Crippen LogP contribution is 2.14. The third kappa shape index (κ3) is 7.37. The first kappa shape index (κ1) is 16.0. The minimum Gasteiger partial charge on any atom is -0.490 e. The van der Waals surface area contributed by atoms with Crippen LogP contribution in [0.2, 0.25) is 0 Å². The quantitative estimate of drug-likeness (QED) is 0.615. The smallest absolute Gasteiger partial charge is 0.411 e. The Morgan fingerprint density at radius 2 is 2.10 bits per heavy atom. The summed E-state index contributed by atoms with van der Waals surface area (Å²) in [6, 6.07) is 3.05. The van der Waals surface area contributed by atoms with Crippen LogP contribution in [0.3, 0.4) is 0 Å². The van der Waals surface area contributed by atoms with Gasteiger partial charge in [-0.05, 0) is 18.2 Å². The molecule has 0 unspecified atom stereocenters. The van der Waals surface area contributed by atoms with Gasteiger partial charge in [0, 0.05) is 6.08 Å². The van der Waals surface area contributed by atoms with Crippen molar-refractivity contribution in [3.8, 4) is 5.75 Å². The summed E-state index contributed by atoms with van der Waals surface area (Å²) in [6.45, 7) is -1.55. The molecule has 0 aliphatic heterocycles. The van der Waals surface area contributed by atoms with Crippen molar-refractivity contribution in [3.63, 3.8) is 0 Å². The molecule has 0 saturated carbocycles. The molecule has 0 saturated heterocycles. The summed E-state index contributed by atoms with van der Waals surface area (Å²) in [7, 11) is 0. The first-order valence-corrected chi connectivity index (χ1v) is 5.51. The topological polar surface area (TPSA) is 68.7 Å². The van der Waals surface area contributed by atoms with Gasteiger partial charge in [-0.3, -0.25) is 4.98 Å². The van der Waals surface area contributed by atoms with E-state index in [2.05, 4.69) is 9.72 Å². The molecule has 1 N–H and O–H groups in total. The number of pyridine rings is 1. The number of nitrogens with zero attached hydrogens (tertiary/aromatic N) is 1. The number of aliphatic carboxylic acids is 1. The molecule has 1 aromatic rings. The van der Waals surface area contributed by atoms with Gasteiger partial charge in [0.15, 0.2) is 0 Å². The van der Waals surface area contributed by atoms with E-state index in [1.165, 1.54) is 24.4 Å². The van der Waals surface area contributed by atoms with E-state index in [1.54, 1.807) is 0 Å². The van der Waals surface area contributed by atoms with Gasteiger partial charge in [0.1, 0.15) is 19.0 Å². The van der Waals surface area contributed by atoms with Gasteiger partial charge in [0.05, 0.1) is 18.5 Å². The molecule has 0 aromatic carbocycles. The van der Waals surface area contributed by atoms with Crippen LogP contribution in [0.4, 0.5) is 13.2 Å². The fourth-order valence-corrected chi connectivity index (χ4v) is 1.14. The third-order valence-electron chi connectivity index (χ3n) is 1.92. The van der Waals surface area contributed by atoms with E-state index in [1.807, 2.05) is 0 Å². The molecule has 0 fully saturated rings. The summed E-state index contributed by atoms with van der Waals surface area (Å²) >= 11 is 0. The maximum atomic E-state index is 11.8. The Bertz CT molecular complexity index is 457. The van der Waals surface area contributed by atoms with Crippen molar-refractivity contribution in [2.75, 3.05) is 19.8 Å². The number of rotatable bonds is 7. The van der Waals surface area contributed by atoms with Crippen LogP contribution in [-0.2, 0) is 9.53 Å². The summed E-state index contributed by atoms with van der Waals surface area (Å²) in [6.07, 6.45) is -0.767. The van der Waals surface area contributed by atoms with E-state index in [4.69, 9.17) is 9.84 Å². The summed E-state index contributed by atoms with van der Waals surface area (Å²) in [4.78, 5) is 14.2. The number of halogens is 3. The average molecular weight is 291 g/mol. The van der Waals surface area contributed by atoms with Gasteiger partial charge >= 0.3 is 12.1 Å². The molecule has 0 bridgehead atoms. The van der Waals surface area contributed by atoms with Crippen molar-refractivity contribution < 1.29 is 32.5 Å². The van der Waals surface area contributed by atoms with E-state index in [-0.39, 0.29) is 13.2 Å². The molecule has 110 valence electrons. The second kappa shape index (κ2) is 7.49. The molecule has 8 heteroatoms. The Kier molecular flexibility index (Phi) is 5.98. The predicted molar refractivity (Wildman–Crippen MR) is 63.3 cm³/mol. The largest absolute Gasteiger partial charge is 0.490 e. The summed E-state index contributed by atoms with van der Waals surface area (Å²) in [5.41, 5.74) is 0.424. The number of ether oxygens (including phenoxy) is 2. The van der Waals surface area contributed by atoms with Gasteiger partial charge in [0.25, 0.3) is 0 Å². The molecule has 0 aliphatic carbocycles. The zero-order chi connectivity index (χ0) is 15.0.